The molecule has 0 aliphatic heterocycles. The van der Waals surface area contributed by atoms with E-state index in [9.17, 15) is 0 Å². The number of nitrogens with one attached hydrogen (secondary N) is 1. The van der Waals surface area contributed by atoms with E-state index >= 15 is 0 Å². The Bertz CT molecular complexity index is 531. The molecule has 2 rings (SSSR count). The van der Waals surface area contributed by atoms with Crippen molar-refractivity contribution in [3.8, 4) is 0 Å². The van der Waals surface area contributed by atoms with E-state index in [0.29, 0.717) is 0 Å². The lowest BCUT2D eigenvalue weighted by atomic mass is 10.2. The first-order valence-corrected chi connectivity index (χ1v) is 5.93. The quantitative estimate of drug-likeness (QED) is 0.905. The number of aryl methyl sites for hydroxylation is 3. The van der Waals surface area contributed by atoms with Crippen molar-refractivity contribution in [2.24, 2.45) is 7.05 Å². The number of nitrogens with zero attached hydrogens (tertiary/aromatic N) is 2. The van der Waals surface area contributed by atoms with Crippen molar-refractivity contribution in [2.45, 2.75) is 20.4 Å². The predicted octanol–water partition coefficient (Wildman–Crippen LogP) is 3.30. The van der Waals surface area contributed by atoms with E-state index in [1.807, 2.05) is 43.0 Å². The molecule has 1 aromatic heterocycles. The monoisotopic (exact) mass is 249 g/mol. The van der Waals surface area contributed by atoms with Crippen molar-refractivity contribution in [3.63, 3.8) is 0 Å². The average Bonchev–Trinajstić information content (AvgIpc) is 2.59. The van der Waals surface area contributed by atoms with E-state index < -0.39 is 0 Å². The van der Waals surface area contributed by atoms with Crippen LogP contribution in [0.3, 0.4) is 0 Å². The van der Waals surface area contributed by atoms with Gasteiger partial charge in [-0.25, -0.2) is 0 Å². The van der Waals surface area contributed by atoms with Crippen molar-refractivity contribution >= 4 is 17.3 Å². The van der Waals surface area contributed by atoms with Crippen LogP contribution in [-0.4, -0.2) is 9.78 Å². The lowest BCUT2D eigenvalue weighted by Crippen LogP contribution is -2.01. The van der Waals surface area contributed by atoms with Gasteiger partial charge in [-0.05, 0) is 31.5 Å². The second kappa shape index (κ2) is 4.80. The standard InChI is InChI=1S/C13H16ClN3/c1-9-4-5-12(14)6-13(9)15-7-11-8-17(3)16-10(11)2/h4-6,8,15H,7H2,1-3H3. The van der Waals surface area contributed by atoms with Crippen LogP contribution < -0.4 is 5.32 Å². The number of anilines is 1. The second-order valence-corrected chi connectivity index (χ2v) is 4.66. The van der Waals surface area contributed by atoms with Crippen molar-refractivity contribution in [3.05, 3.63) is 46.2 Å². The Hall–Kier alpha value is -1.48. The lowest BCUT2D eigenvalue weighted by Gasteiger charge is -2.09. The normalized spacial score (nSPS) is 10.6. The topological polar surface area (TPSA) is 29.9 Å². The van der Waals surface area contributed by atoms with Crippen molar-refractivity contribution in [1.82, 2.24) is 9.78 Å². The number of halogens is 1. The molecular weight excluding hydrogens is 234 g/mol. The summed E-state index contributed by atoms with van der Waals surface area (Å²) < 4.78 is 1.83. The highest BCUT2D eigenvalue weighted by Gasteiger charge is 2.04. The third-order valence-corrected chi connectivity index (χ3v) is 3.02. The van der Waals surface area contributed by atoms with Gasteiger partial charge in [0.15, 0.2) is 0 Å². The fourth-order valence-corrected chi connectivity index (χ4v) is 1.97. The minimum absolute atomic E-state index is 0.751. The van der Waals surface area contributed by atoms with Crippen LogP contribution in [0.4, 0.5) is 5.69 Å². The minimum atomic E-state index is 0.751. The maximum absolute atomic E-state index is 5.98. The number of aromatic nitrogens is 2. The summed E-state index contributed by atoms with van der Waals surface area (Å²) >= 11 is 5.98. The van der Waals surface area contributed by atoms with Crippen LogP contribution in [0.25, 0.3) is 0 Å². The summed E-state index contributed by atoms with van der Waals surface area (Å²) in [6.45, 7) is 4.84. The average molecular weight is 250 g/mol. The van der Waals surface area contributed by atoms with Gasteiger partial charge in [0, 0.05) is 36.1 Å². The van der Waals surface area contributed by atoms with Gasteiger partial charge in [-0.15, -0.1) is 0 Å². The maximum Gasteiger partial charge on any atom is 0.0643 e. The zero-order valence-electron chi connectivity index (χ0n) is 10.3. The molecule has 0 spiro atoms. The van der Waals surface area contributed by atoms with Gasteiger partial charge in [0.25, 0.3) is 0 Å². The third kappa shape index (κ3) is 2.80. The van der Waals surface area contributed by atoms with Crippen LogP contribution in [0.5, 0.6) is 0 Å². The highest BCUT2D eigenvalue weighted by molar-refractivity contribution is 6.30. The van der Waals surface area contributed by atoms with Gasteiger partial charge in [-0.3, -0.25) is 4.68 Å². The first-order chi connectivity index (χ1) is 8.06. The Kier molecular flexibility index (Phi) is 3.38. The van der Waals surface area contributed by atoms with E-state index in [1.165, 1.54) is 11.1 Å². The molecular formula is C13H16ClN3. The molecule has 0 bridgehead atoms. The van der Waals surface area contributed by atoms with Crippen molar-refractivity contribution in [2.75, 3.05) is 5.32 Å². The molecule has 0 amide bonds. The summed E-state index contributed by atoms with van der Waals surface area (Å²) in [6.07, 6.45) is 2.03. The minimum Gasteiger partial charge on any atom is -0.381 e. The molecule has 0 radical (unpaired) electrons. The molecule has 4 heteroatoms. The lowest BCUT2D eigenvalue weighted by molar-refractivity contribution is 0.756. The van der Waals surface area contributed by atoms with Crippen LogP contribution >= 0.6 is 11.6 Å². The fraction of sp³-hybridized carbons (Fsp3) is 0.308. The molecule has 90 valence electrons. The summed E-state index contributed by atoms with van der Waals surface area (Å²) in [5, 5.41) is 8.45. The summed E-state index contributed by atoms with van der Waals surface area (Å²) in [5.74, 6) is 0. The fourth-order valence-electron chi connectivity index (χ4n) is 1.80. The van der Waals surface area contributed by atoms with E-state index in [4.69, 9.17) is 11.6 Å². The van der Waals surface area contributed by atoms with Gasteiger partial charge >= 0.3 is 0 Å². The Morgan fingerprint density at radius 3 is 2.76 bits per heavy atom. The number of hydrogen-bond acceptors (Lipinski definition) is 2. The SMILES string of the molecule is Cc1ccc(Cl)cc1NCc1cn(C)nc1C. The number of hydrogen-bond donors (Lipinski definition) is 1. The van der Waals surface area contributed by atoms with Gasteiger partial charge in [0.2, 0.25) is 0 Å². The summed E-state index contributed by atoms with van der Waals surface area (Å²) in [5.41, 5.74) is 4.52. The summed E-state index contributed by atoms with van der Waals surface area (Å²) in [7, 11) is 1.93. The largest absolute Gasteiger partial charge is 0.381 e. The molecule has 0 atom stereocenters. The molecule has 0 unspecified atom stereocenters. The van der Waals surface area contributed by atoms with Crippen LogP contribution in [-0.2, 0) is 13.6 Å². The number of rotatable bonds is 3. The van der Waals surface area contributed by atoms with Crippen LogP contribution in [0.15, 0.2) is 24.4 Å². The first-order valence-electron chi connectivity index (χ1n) is 5.55. The van der Waals surface area contributed by atoms with Crippen LogP contribution in [0, 0.1) is 13.8 Å². The Morgan fingerprint density at radius 1 is 1.35 bits per heavy atom. The van der Waals surface area contributed by atoms with E-state index in [2.05, 4.69) is 17.3 Å². The van der Waals surface area contributed by atoms with Gasteiger partial charge in [-0.1, -0.05) is 17.7 Å². The van der Waals surface area contributed by atoms with E-state index in [-0.39, 0.29) is 0 Å². The van der Waals surface area contributed by atoms with Crippen LogP contribution in [0.2, 0.25) is 5.02 Å². The maximum atomic E-state index is 5.98. The van der Waals surface area contributed by atoms with Crippen molar-refractivity contribution in [1.29, 1.82) is 0 Å². The predicted molar refractivity (Wildman–Crippen MR) is 71.5 cm³/mol. The highest BCUT2D eigenvalue weighted by atomic mass is 35.5. The zero-order chi connectivity index (χ0) is 12.4. The van der Waals surface area contributed by atoms with E-state index in [1.54, 1.807) is 0 Å². The molecule has 17 heavy (non-hydrogen) atoms. The van der Waals surface area contributed by atoms with Gasteiger partial charge in [0.05, 0.1) is 5.69 Å². The Labute approximate surface area is 106 Å². The zero-order valence-corrected chi connectivity index (χ0v) is 11.0. The summed E-state index contributed by atoms with van der Waals surface area (Å²) in [6, 6.07) is 5.86. The first kappa shape index (κ1) is 12.0. The molecule has 0 aliphatic rings. The van der Waals surface area contributed by atoms with Crippen molar-refractivity contribution < 1.29 is 0 Å². The molecule has 0 aliphatic carbocycles. The molecule has 1 heterocycles. The van der Waals surface area contributed by atoms with Gasteiger partial charge in [-0.2, -0.15) is 5.10 Å². The summed E-state index contributed by atoms with van der Waals surface area (Å²) in [4.78, 5) is 0. The molecule has 3 nitrogen and oxygen atoms in total. The molecule has 0 saturated heterocycles. The highest BCUT2D eigenvalue weighted by Crippen LogP contribution is 2.21. The Balaban J connectivity index is 2.12. The molecule has 0 fully saturated rings. The third-order valence-electron chi connectivity index (χ3n) is 2.78. The molecule has 1 aromatic carbocycles. The van der Waals surface area contributed by atoms with Gasteiger partial charge < -0.3 is 5.32 Å². The smallest absolute Gasteiger partial charge is 0.0643 e. The second-order valence-electron chi connectivity index (χ2n) is 4.23. The molecule has 0 saturated carbocycles. The molecule has 2 aromatic rings. The molecule has 1 N–H and O–H groups in total. The number of benzene rings is 1. The van der Waals surface area contributed by atoms with E-state index in [0.717, 1.165) is 22.9 Å². The van der Waals surface area contributed by atoms with Gasteiger partial charge in [0.1, 0.15) is 0 Å². The van der Waals surface area contributed by atoms with Crippen LogP contribution in [0.1, 0.15) is 16.8 Å². The Morgan fingerprint density at radius 2 is 2.12 bits per heavy atom.